The Bertz CT molecular complexity index is 1080. The molecular weight excluding hydrogens is 354 g/mol. The number of fused-ring (bicyclic) bond motifs is 1. The van der Waals surface area contributed by atoms with Crippen molar-refractivity contribution in [3.05, 3.63) is 83.6 Å². The Balaban J connectivity index is 1.42. The molecular formula is C22H19N3OS. The Morgan fingerprint density at radius 1 is 1.11 bits per heavy atom. The van der Waals surface area contributed by atoms with Crippen molar-refractivity contribution >= 4 is 28.0 Å². The number of rotatable bonds is 5. The van der Waals surface area contributed by atoms with Gasteiger partial charge in [0, 0.05) is 23.3 Å². The second-order valence-electron chi connectivity index (χ2n) is 6.46. The number of carbonyl (C=O) groups is 1. The molecule has 0 aliphatic heterocycles. The van der Waals surface area contributed by atoms with E-state index < -0.39 is 0 Å². The van der Waals surface area contributed by atoms with Gasteiger partial charge in [0.1, 0.15) is 5.01 Å². The minimum absolute atomic E-state index is 0.0290. The first-order valence-corrected chi connectivity index (χ1v) is 9.70. The summed E-state index contributed by atoms with van der Waals surface area (Å²) in [6.45, 7) is 2.00. The van der Waals surface area contributed by atoms with Crippen LogP contribution in [0.25, 0.3) is 21.3 Å². The Kier molecular flexibility index (Phi) is 4.94. The van der Waals surface area contributed by atoms with E-state index in [1.807, 2.05) is 36.6 Å². The van der Waals surface area contributed by atoms with Gasteiger partial charge in [-0.15, -0.1) is 11.3 Å². The van der Waals surface area contributed by atoms with Gasteiger partial charge in [0.05, 0.1) is 18.2 Å². The molecule has 0 aliphatic carbocycles. The van der Waals surface area contributed by atoms with Crippen LogP contribution in [0.15, 0.2) is 72.4 Å². The summed E-state index contributed by atoms with van der Waals surface area (Å²) in [6.07, 6.45) is 3.79. The first-order valence-electron chi connectivity index (χ1n) is 8.82. The lowest BCUT2D eigenvalue weighted by Gasteiger charge is -2.14. The van der Waals surface area contributed by atoms with Crippen LogP contribution in [0.3, 0.4) is 0 Å². The summed E-state index contributed by atoms with van der Waals surface area (Å²) in [7, 11) is 0. The first kappa shape index (κ1) is 17.4. The fraction of sp³-hybridized carbons (Fsp3) is 0.136. The lowest BCUT2D eigenvalue weighted by molar-refractivity contribution is -0.121. The lowest BCUT2D eigenvalue weighted by atomic mass is 10.0. The number of nitrogens with zero attached hydrogens (tertiary/aromatic N) is 2. The molecule has 4 nitrogen and oxygen atoms in total. The molecule has 1 atom stereocenters. The average molecular weight is 373 g/mol. The molecule has 0 saturated heterocycles. The smallest absolute Gasteiger partial charge is 0.226 e. The Hall–Kier alpha value is -3.05. The number of amides is 1. The highest BCUT2D eigenvalue weighted by atomic mass is 32.1. The first-order chi connectivity index (χ1) is 13.2. The van der Waals surface area contributed by atoms with Gasteiger partial charge < -0.3 is 5.32 Å². The van der Waals surface area contributed by atoms with Crippen LogP contribution in [0.5, 0.6) is 0 Å². The zero-order valence-electron chi connectivity index (χ0n) is 14.9. The summed E-state index contributed by atoms with van der Waals surface area (Å²) in [5.41, 5.74) is 2.84. The second kappa shape index (κ2) is 7.68. The third-order valence-corrected chi connectivity index (χ3v) is 5.39. The molecule has 1 amide bonds. The minimum atomic E-state index is -0.0569. The van der Waals surface area contributed by atoms with E-state index in [0.717, 1.165) is 21.8 Å². The Morgan fingerprint density at radius 3 is 2.78 bits per heavy atom. The molecule has 134 valence electrons. The van der Waals surface area contributed by atoms with E-state index in [1.54, 1.807) is 12.4 Å². The maximum absolute atomic E-state index is 12.4. The van der Waals surface area contributed by atoms with Crippen molar-refractivity contribution in [2.24, 2.45) is 0 Å². The van der Waals surface area contributed by atoms with Gasteiger partial charge >= 0.3 is 0 Å². The van der Waals surface area contributed by atoms with Crippen molar-refractivity contribution in [2.45, 2.75) is 19.4 Å². The van der Waals surface area contributed by atoms with Gasteiger partial charge in [-0.05, 0) is 41.5 Å². The molecule has 1 N–H and O–H groups in total. The Labute approximate surface area is 161 Å². The molecule has 0 bridgehead atoms. The third kappa shape index (κ3) is 4.04. The Morgan fingerprint density at radius 2 is 1.96 bits per heavy atom. The van der Waals surface area contributed by atoms with Crippen molar-refractivity contribution in [3.8, 4) is 10.6 Å². The summed E-state index contributed by atoms with van der Waals surface area (Å²) >= 11 is 1.53. The molecule has 0 fully saturated rings. The summed E-state index contributed by atoms with van der Waals surface area (Å²) in [4.78, 5) is 21.1. The molecule has 5 heteroatoms. The van der Waals surface area contributed by atoms with Crippen LogP contribution in [-0.2, 0) is 11.2 Å². The van der Waals surface area contributed by atoms with Gasteiger partial charge in [0.15, 0.2) is 0 Å². The number of nitrogens with one attached hydrogen (secondary N) is 1. The average Bonchev–Trinajstić information content (AvgIpc) is 3.16. The highest BCUT2D eigenvalue weighted by Crippen LogP contribution is 2.23. The standard InChI is InChI=1S/C22H19N3OS/c1-15(17-9-8-16-5-2-3-6-18(16)11-17)24-21(26)12-20-14-27-22(25-20)19-7-4-10-23-13-19/h2-11,13-15H,12H2,1H3,(H,24,26). The monoisotopic (exact) mass is 373 g/mol. The largest absolute Gasteiger partial charge is 0.349 e. The molecule has 4 aromatic rings. The molecule has 2 aromatic carbocycles. The molecule has 0 saturated carbocycles. The molecule has 1 unspecified atom stereocenters. The fourth-order valence-corrected chi connectivity index (χ4v) is 3.84. The quantitative estimate of drug-likeness (QED) is 0.548. The maximum Gasteiger partial charge on any atom is 0.226 e. The van der Waals surface area contributed by atoms with E-state index in [4.69, 9.17) is 0 Å². The van der Waals surface area contributed by atoms with E-state index in [9.17, 15) is 4.79 Å². The van der Waals surface area contributed by atoms with Gasteiger partial charge in [-0.3, -0.25) is 9.78 Å². The van der Waals surface area contributed by atoms with E-state index in [2.05, 4.69) is 45.6 Å². The van der Waals surface area contributed by atoms with E-state index in [0.29, 0.717) is 0 Å². The lowest BCUT2D eigenvalue weighted by Crippen LogP contribution is -2.28. The maximum atomic E-state index is 12.4. The molecule has 4 rings (SSSR count). The number of aromatic nitrogens is 2. The number of thiazole rings is 1. The van der Waals surface area contributed by atoms with Crippen molar-refractivity contribution in [3.63, 3.8) is 0 Å². The van der Waals surface area contributed by atoms with Gasteiger partial charge in [-0.25, -0.2) is 4.98 Å². The topological polar surface area (TPSA) is 54.9 Å². The molecule has 0 spiro atoms. The van der Waals surface area contributed by atoms with Crippen LogP contribution in [0.4, 0.5) is 0 Å². The molecule has 0 aliphatic rings. The van der Waals surface area contributed by atoms with Crippen molar-refractivity contribution < 1.29 is 4.79 Å². The van der Waals surface area contributed by atoms with Gasteiger partial charge in [0.25, 0.3) is 0 Å². The van der Waals surface area contributed by atoms with Crippen molar-refractivity contribution in [1.82, 2.24) is 15.3 Å². The zero-order chi connectivity index (χ0) is 18.6. The highest BCUT2D eigenvalue weighted by molar-refractivity contribution is 7.13. The summed E-state index contributed by atoms with van der Waals surface area (Å²) in [6, 6.07) is 18.3. The molecule has 27 heavy (non-hydrogen) atoms. The number of hydrogen-bond donors (Lipinski definition) is 1. The molecule has 0 radical (unpaired) electrons. The molecule has 2 heterocycles. The van der Waals surface area contributed by atoms with Gasteiger partial charge in [0.2, 0.25) is 5.91 Å². The molecule has 2 aromatic heterocycles. The number of carbonyl (C=O) groups excluding carboxylic acids is 1. The van der Waals surface area contributed by atoms with Crippen molar-refractivity contribution in [2.75, 3.05) is 0 Å². The fourth-order valence-electron chi connectivity index (χ4n) is 3.03. The predicted octanol–water partition coefficient (Wildman–Crippen LogP) is 4.78. The van der Waals surface area contributed by atoms with E-state index >= 15 is 0 Å². The predicted molar refractivity (Wildman–Crippen MR) is 110 cm³/mol. The number of benzene rings is 2. The van der Waals surface area contributed by atoms with Crippen LogP contribution in [-0.4, -0.2) is 15.9 Å². The van der Waals surface area contributed by atoms with Crippen LogP contribution < -0.4 is 5.32 Å². The summed E-state index contributed by atoms with van der Waals surface area (Å²) < 4.78 is 0. The third-order valence-electron chi connectivity index (χ3n) is 4.45. The summed E-state index contributed by atoms with van der Waals surface area (Å²) in [5, 5.41) is 8.26. The van der Waals surface area contributed by atoms with Gasteiger partial charge in [-0.1, -0.05) is 36.4 Å². The van der Waals surface area contributed by atoms with Crippen LogP contribution >= 0.6 is 11.3 Å². The minimum Gasteiger partial charge on any atom is -0.349 e. The van der Waals surface area contributed by atoms with E-state index in [1.165, 1.54) is 22.1 Å². The van der Waals surface area contributed by atoms with Crippen LogP contribution in [0.2, 0.25) is 0 Å². The highest BCUT2D eigenvalue weighted by Gasteiger charge is 2.13. The van der Waals surface area contributed by atoms with E-state index in [-0.39, 0.29) is 18.4 Å². The SMILES string of the molecule is CC(NC(=O)Cc1csc(-c2cccnc2)n1)c1ccc2ccccc2c1. The second-order valence-corrected chi connectivity index (χ2v) is 7.32. The normalized spacial score (nSPS) is 12.0. The summed E-state index contributed by atoms with van der Waals surface area (Å²) in [5.74, 6) is -0.0290. The van der Waals surface area contributed by atoms with Gasteiger partial charge in [-0.2, -0.15) is 0 Å². The van der Waals surface area contributed by atoms with Crippen molar-refractivity contribution in [1.29, 1.82) is 0 Å². The number of pyridine rings is 1. The van der Waals surface area contributed by atoms with Crippen LogP contribution in [0, 0.1) is 0 Å². The van der Waals surface area contributed by atoms with Crippen LogP contribution in [0.1, 0.15) is 24.2 Å². The zero-order valence-corrected chi connectivity index (χ0v) is 15.7. The number of hydrogen-bond acceptors (Lipinski definition) is 4.